The van der Waals surface area contributed by atoms with Crippen LogP contribution >= 0.6 is 0 Å². The summed E-state index contributed by atoms with van der Waals surface area (Å²) in [6.07, 6.45) is -0.0494. The third kappa shape index (κ3) is 5.22. The Morgan fingerprint density at radius 3 is 2.30 bits per heavy atom. The first kappa shape index (κ1) is 26.8. The predicted octanol–water partition coefficient (Wildman–Crippen LogP) is 5.38. The average molecular weight is 543 g/mol. The molecule has 1 heterocycles. The molecule has 2 N–H and O–H groups in total. The number of hydrogen-bond acceptors (Lipinski definition) is 6. The molecule has 1 amide bonds. The van der Waals surface area contributed by atoms with E-state index in [1.165, 1.54) is 24.1 Å². The van der Waals surface area contributed by atoms with E-state index in [9.17, 15) is 28.7 Å². The summed E-state index contributed by atoms with van der Waals surface area (Å²) in [5.41, 5.74) is 3.84. The lowest BCUT2D eigenvalue weighted by atomic mass is 9.78. The molecule has 1 aliphatic heterocycles. The van der Waals surface area contributed by atoms with Crippen molar-refractivity contribution in [3.63, 3.8) is 0 Å². The molecule has 0 spiro atoms. The van der Waals surface area contributed by atoms with Crippen LogP contribution in [0.5, 0.6) is 0 Å². The number of hydrogen-bond donors (Lipinski definition) is 2. The van der Waals surface area contributed by atoms with Gasteiger partial charge < -0.3 is 15.2 Å². The largest absolute Gasteiger partial charge is 0.481 e. The molecule has 5 rings (SSSR count). The number of rotatable bonds is 6. The summed E-state index contributed by atoms with van der Waals surface area (Å²) in [6.45, 7) is 0. The van der Waals surface area contributed by atoms with E-state index in [1.807, 2.05) is 0 Å². The number of aliphatic carboxylic acids is 1. The van der Waals surface area contributed by atoms with Crippen molar-refractivity contribution in [3.8, 4) is 0 Å². The van der Waals surface area contributed by atoms with Gasteiger partial charge in [-0.3, -0.25) is 19.3 Å². The van der Waals surface area contributed by atoms with Crippen molar-refractivity contribution in [2.24, 2.45) is 0 Å². The Morgan fingerprint density at radius 1 is 0.950 bits per heavy atom. The number of fused-ring (bicyclic) bond motifs is 1. The summed E-state index contributed by atoms with van der Waals surface area (Å²) in [4.78, 5) is 52.6. The quantitative estimate of drug-likeness (QED) is 0.402. The smallest absolute Gasteiger partial charge is 0.337 e. The highest BCUT2D eigenvalue weighted by molar-refractivity contribution is 6.06. The predicted molar refractivity (Wildman–Crippen MR) is 145 cm³/mol. The number of Topliss-reactive ketones (excluding diaryl/α,β-unsaturated/α-hetero) is 1. The van der Waals surface area contributed by atoms with Crippen molar-refractivity contribution in [1.82, 2.24) is 0 Å². The summed E-state index contributed by atoms with van der Waals surface area (Å²) in [6, 6.07) is 18.8. The van der Waals surface area contributed by atoms with Crippen LogP contribution in [-0.4, -0.2) is 35.8 Å². The van der Waals surface area contributed by atoms with Gasteiger partial charge in [0.1, 0.15) is 5.82 Å². The van der Waals surface area contributed by atoms with Gasteiger partial charge in [-0.05, 0) is 59.9 Å². The van der Waals surface area contributed by atoms with Crippen molar-refractivity contribution in [2.45, 2.75) is 37.6 Å². The van der Waals surface area contributed by atoms with Crippen molar-refractivity contribution in [3.05, 3.63) is 107 Å². The summed E-state index contributed by atoms with van der Waals surface area (Å²) >= 11 is 0. The van der Waals surface area contributed by atoms with Gasteiger partial charge in [0, 0.05) is 24.1 Å². The van der Waals surface area contributed by atoms with Gasteiger partial charge in [-0.25, -0.2) is 9.18 Å². The highest BCUT2D eigenvalue weighted by Gasteiger charge is 2.41. The minimum atomic E-state index is -1.11. The Morgan fingerprint density at radius 2 is 1.62 bits per heavy atom. The number of carbonyl (C=O) groups is 4. The number of esters is 1. The van der Waals surface area contributed by atoms with Crippen molar-refractivity contribution in [2.75, 3.05) is 17.3 Å². The van der Waals surface area contributed by atoms with Gasteiger partial charge in [0.25, 0.3) is 0 Å². The molecule has 40 heavy (non-hydrogen) atoms. The number of ether oxygens (including phenoxy) is 1. The first-order valence-corrected chi connectivity index (χ1v) is 12.9. The SMILES string of the molecule is COC(=O)c1ccc([C@H]2C3=C(C[C@@H](c4ccc(F)cc4)CC3=O)Nc3ccccc3N2C(=O)CCC(=O)O)cc1. The van der Waals surface area contributed by atoms with E-state index in [2.05, 4.69) is 5.32 Å². The van der Waals surface area contributed by atoms with E-state index in [0.29, 0.717) is 40.2 Å². The van der Waals surface area contributed by atoms with Crippen LogP contribution in [0, 0.1) is 5.82 Å². The molecule has 0 saturated carbocycles. The molecule has 204 valence electrons. The van der Waals surface area contributed by atoms with Gasteiger partial charge in [-0.15, -0.1) is 0 Å². The Hall–Kier alpha value is -4.79. The molecule has 0 radical (unpaired) electrons. The van der Waals surface area contributed by atoms with Crippen molar-refractivity contribution in [1.29, 1.82) is 0 Å². The van der Waals surface area contributed by atoms with Crippen LogP contribution < -0.4 is 10.2 Å². The third-order valence-corrected chi connectivity index (χ3v) is 7.30. The molecular formula is C31H27FN2O6. The number of methoxy groups -OCH3 is 1. The van der Waals surface area contributed by atoms with Crippen LogP contribution in [0.2, 0.25) is 0 Å². The lowest BCUT2D eigenvalue weighted by Crippen LogP contribution is -2.38. The highest BCUT2D eigenvalue weighted by Crippen LogP contribution is 2.47. The number of carboxylic acid groups (broad SMARTS) is 1. The van der Waals surface area contributed by atoms with Gasteiger partial charge in [0.05, 0.1) is 36.5 Å². The zero-order valence-electron chi connectivity index (χ0n) is 21.7. The number of halogens is 1. The number of nitrogens with one attached hydrogen (secondary N) is 1. The maximum absolute atomic E-state index is 13.9. The van der Waals surface area contributed by atoms with E-state index >= 15 is 0 Å². The van der Waals surface area contributed by atoms with Gasteiger partial charge in [0.15, 0.2) is 5.78 Å². The monoisotopic (exact) mass is 542 g/mol. The average Bonchev–Trinajstić information content (AvgIpc) is 3.10. The zero-order chi connectivity index (χ0) is 28.4. The van der Waals surface area contributed by atoms with Gasteiger partial charge in [0.2, 0.25) is 5.91 Å². The molecule has 0 fully saturated rings. The van der Waals surface area contributed by atoms with Crippen LogP contribution in [0.3, 0.4) is 0 Å². The number of carbonyl (C=O) groups excluding carboxylic acids is 3. The molecule has 0 unspecified atom stereocenters. The van der Waals surface area contributed by atoms with E-state index in [1.54, 1.807) is 60.7 Å². The fraction of sp³-hybridized carbons (Fsp3) is 0.226. The molecule has 0 aromatic heterocycles. The molecule has 0 saturated heterocycles. The van der Waals surface area contributed by atoms with Crippen molar-refractivity contribution < 1.29 is 33.4 Å². The van der Waals surface area contributed by atoms with Gasteiger partial charge in [-0.2, -0.15) is 0 Å². The van der Waals surface area contributed by atoms with Crippen LogP contribution in [0.15, 0.2) is 84.1 Å². The second kappa shape index (κ2) is 11.1. The standard InChI is InChI=1S/C31H27FN2O6/c1-40-31(39)20-8-6-19(7-9-20)30-29-24(16-21(17-26(29)35)18-10-12-22(32)13-11-18)33-23-4-2-3-5-25(23)34(30)27(36)14-15-28(37)38/h2-13,21,30,33H,14-17H2,1H3,(H,37,38)/t21-,30+/m1/s1. The minimum Gasteiger partial charge on any atom is -0.481 e. The number of amides is 1. The normalized spacial score (nSPS) is 18.2. The lowest BCUT2D eigenvalue weighted by Gasteiger charge is -2.35. The minimum absolute atomic E-state index is 0.149. The van der Waals surface area contributed by atoms with E-state index in [-0.39, 0.29) is 36.8 Å². The highest BCUT2D eigenvalue weighted by atomic mass is 19.1. The van der Waals surface area contributed by atoms with Crippen molar-refractivity contribution >= 4 is 35.0 Å². The molecule has 3 aromatic rings. The molecule has 8 nitrogen and oxygen atoms in total. The van der Waals surface area contributed by atoms with Gasteiger partial charge in [-0.1, -0.05) is 36.4 Å². The topological polar surface area (TPSA) is 113 Å². The molecule has 0 bridgehead atoms. The Labute approximate surface area is 230 Å². The third-order valence-electron chi connectivity index (χ3n) is 7.30. The molecule has 2 aliphatic rings. The Bertz CT molecular complexity index is 1510. The Balaban J connectivity index is 1.67. The number of benzene rings is 3. The summed E-state index contributed by atoms with van der Waals surface area (Å²) in [5.74, 6) is -2.84. The Kier molecular flexibility index (Phi) is 7.46. The molecule has 2 atom stereocenters. The van der Waals surface area contributed by atoms with Crippen LogP contribution in [0.25, 0.3) is 0 Å². The fourth-order valence-electron chi connectivity index (χ4n) is 5.40. The fourth-order valence-corrected chi connectivity index (χ4v) is 5.40. The molecular weight excluding hydrogens is 515 g/mol. The van der Waals surface area contributed by atoms with E-state index in [0.717, 1.165) is 5.56 Å². The molecule has 1 aliphatic carbocycles. The summed E-state index contributed by atoms with van der Waals surface area (Å²) in [7, 11) is 1.28. The number of nitrogens with zero attached hydrogens (tertiary/aromatic N) is 1. The molecule has 3 aromatic carbocycles. The van der Waals surface area contributed by atoms with Crippen LogP contribution in [0.1, 0.15) is 59.1 Å². The first-order valence-electron chi connectivity index (χ1n) is 12.9. The van der Waals surface area contributed by atoms with E-state index < -0.39 is 23.9 Å². The number of ketones is 1. The second-order valence-corrected chi connectivity index (χ2v) is 9.79. The second-order valence-electron chi connectivity index (χ2n) is 9.79. The van der Waals surface area contributed by atoms with Crippen LogP contribution in [0.4, 0.5) is 15.8 Å². The number of anilines is 2. The number of carboxylic acids is 1. The zero-order valence-corrected chi connectivity index (χ0v) is 21.7. The maximum Gasteiger partial charge on any atom is 0.337 e. The lowest BCUT2D eigenvalue weighted by molar-refractivity contribution is -0.138. The van der Waals surface area contributed by atoms with E-state index in [4.69, 9.17) is 4.74 Å². The maximum atomic E-state index is 13.9. The van der Waals surface area contributed by atoms with Crippen LogP contribution in [-0.2, 0) is 19.1 Å². The summed E-state index contributed by atoms with van der Waals surface area (Å²) < 4.78 is 18.4. The molecule has 9 heteroatoms. The summed E-state index contributed by atoms with van der Waals surface area (Å²) in [5, 5.41) is 12.7. The van der Waals surface area contributed by atoms with Gasteiger partial charge >= 0.3 is 11.9 Å². The first-order chi connectivity index (χ1) is 19.3. The number of para-hydroxylation sites is 2. The number of allylic oxidation sites excluding steroid dienone is 1.